The first kappa shape index (κ1) is 13.2. The summed E-state index contributed by atoms with van der Waals surface area (Å²) in [5, 5.41) is 11.9. The fourth-order valence-electron chi connectivity index (χ4n) is 1.80. The molecule has 16 heavy (non-hydrogen) atoms. The Bertz CT molecular complexity index is 269. The molecule has 0 spiro atoms. The van der Waals surface area contributed by atoms with Gasteiger partial charge in [0.25, 0.3) is 0 Å². The van der Waals surface area contributed by atoms with Gasteiger partial charge in [0.1, 0.15) is 0 Å². The van der Waals surface area contributed by atoms with Crippen molar-refractivity contribution in [3.05, 3.63) is 11.6 Å². The number of carbonyl (C=O) groups is 1. The monoisotopic (exact) mass is 227 g/mol. The van der Waals surface area contributed by atoms with Crippen LogP contribution in [-0.4, -0.2) is 37.9 Å². The number of hydrogen-bond donors (Lipinski definition) is 2. The predicted octanol–water partition coefficient (Wildman–Crippen LogP) is 1.42. The average molecular weight is 227 g/mol. The van der Waals surface area contributed by atoms with Crippen LogP contribution in [0.4, 0.5) is 0 Å². The van der Waals surface area contributed by atoms with Crippen molar-refractivity contribution in [2.75, 3.05) is 26.8 Å². The van der Waals surface area contributed by atoms with Gasteiger partial charge in [-0.15, -0.1) is 0 Å². The molecule has 1 aliphatic carbocycles. The molecule has 4 nitrogen and oxygen atoms in total. The van der Waals surface area contributed by atoms with Crippen LogP contribution in [0.25, 0.3) is 0 Å². The van der Waals surface area contributed by atoms with E-state index in [0.717, 1.165) is 25.1 Å². The Labute approximate surface area is 96.7 Å². The molecule has 1 saturated carbocycles. The maximum Gasteiger partial charge on any atom is 0.328 e. The van der Waals surface area contributed by atoms with Crippen LogP contribution in [0.5, 0.6) is 0 Å². The molecular weight excluding hydrogens is 206 g/mol. The lowest BCUT2D eigenvalue weighted by Crippen LogP contribution is -2.26. The molecule has 0 aromatic carbocycles. The fraction of sp³-hybridized carbons (Fsp3) is 0.750. The lowest BCUT2D eigenvalue weighted by Gasteiger charge is -2.15. The SMILES string of the molecule is COCCC1(CNCC(C)=CC(=O)O)CC1. The van der Waals surface area contributed by atoms with E-state index in [4.69, 9.17) is 9.84 Å². The highest BCUT2D eigenvalue weighted by atomic mass is 16.5. The number of hydrogen-bond acceptors (Lipinski definition) is 3. The largest absolute Gasteiger partial charge is 0.478 e. The van der Waals surface area contributed by atoms with Crippen LogP contribution < -0.4 is 5.32 Å². The highest BCUT2D eigenvalue weighted by molar-refractivity contribution is 5.80. The van der Waals surface area contributed by atoms with E-state index in [2.05, 4.69) is 5.32 Å². The van der Waals surface area contributed by atoms with Crippen molar-refractivity contribution in [3.8, 4) is 0 Å². The van der Waals surface area contributed by atoms with E-state index in [1.807, 2.05) is 6.92 Å². The summed E-state index contributed by atoms with van der Waals surface area (Å²) >= 11 is 0. The highest BCUT2D eigenvalue weighted by Gasteiger charge is 2.41. The summed E-state index contributed by atoms with van der Waals surface area (Å²) in [5.74, 6) is -0.875. The molecule has 0 unspecified atom stereocenters. The van der Waals surface area contributed by atoms with Gasteiger partial charge in [-0.25, -0.2) is 4.79 Å². The lowest BCUT2D eigenvalue weighted by atomic mass is 10.0. The zero-order valence-corrected chi connectivity index (χ0v) is 10.1. The van der Waals surface area contributed by atoms with Crippen LogP contribution in [0, 0.1) is 5.41 Å². The normalized spacial score (nSPS) is 18.5. The van der Waals surface area contributed by atoms with E-state index in [-0.39, 0.29) is 0 Å². The summed E-state index contributed by atoms with van der Waals surface area (Å²) in [6, 6.07) is 0. The van der Waals surface area contributed by atoms with Gasteiger partial charge in [0.15, 0.2) is 0 Å². The second-order valence-corrected chi connectivity index (χ2v) is 4.68. The molecule has 4 heteroatoms. The minimum atomic E-state index is -0.875. The van der Waals surface area contributed by atoms with Crippen molar-refractivity contribution in [2.24, 2.45) is 5.41 Å². The molecular formula is C12H21NO3. The smallest absolute Gasteiger partial charge is 0.328 e. The molecule has 2 N–H and O–H groups in total. The highest BCUT2D eigenvalue weighted by Crippen LogP contribution is 2.48. The molecule has 1 rings (SSSR count). The molecule has 92 valence electrons. The Morgan fingerprint density at radius 3 is 2.75 bits per heavy atom. The Morgan fingerprint density at radius 2 is 2.25 bits per heavy atom. The van der Waals surface area contributed by atoms with Gasteiger partial charge in [-0.05, 0) is 31.6 Å². The van der Waals surface area contributed by atoms with Gasteiger partial charge in [0.05, 0.1) is 0 Å². The number of ether oxygens (including phenoxy) is 1. The van der Waals surface area contributed by atoms with E-state index in [9.17, 15) is 4.79 Å². The quantitative estimate of drug-likeness (QED) is 0.616. The maximum absolute atomic E-state index is 10.4. The summed E-state index contributed by atoms with van der Waals surface area (Å²) in [7, 11) is 1.73. The van der Waals surface area contributed by atoms with E-state index in [1.54, 1.807) is 7.11 Å². The average Bonchev–Trinajstić information content (AvgIpc) is 2.94. The molecule has 1 fully saturated rings. The van der Waals surface area contributed by atoms with Crippen LogP contribution in [0.2, 0.25) is 0 Å². The van der Waals surface area contributed by atoms with Crippen LogP contribution >= 0.6 is 0 Å². The topological polar surface area (TPSA) is 58.6 Å². The first-order chi connectivity index (χ1) is 7.58. The first-order valence-electron chi connectivity index (χ1n) is 5.68. The minimum Gasteiger partial charge on any atom is -0.478 e. The molecule has 0 aromatic rings. The third-order valence-electron chi connectivity index (χ3n) is 3.07. The van der Waals surface area contributed by atoms with Gasteiger partial charge in [0, 0.05) is 32.9 Å². The van der Waals surface area contributed by atoms with Crippen molar-refractivity contribution >= 4 is 5.97 Å². The fourth-order valence-corrected chi connectivity index (χ4v) is 1.80. The number of rotatable bonds is 8. The second kappa shape index (κ2) is 6.01. The summed E-state index contributed by atoms with van der Waals surface area (Å²) in [6.45, 7) is 4.25. The zero-order chi connectivity index (χ0) is 12.0. The Balaban J connectivity index is 2.18. The molecule has 0 aliphatic heterocycles. The van der Waals surface area contributed by atoms with Crippen LogP contribution in [0.3, 0.4) is 0 Å². The number of nitrogens with one attached hydrogen (secondary N) is 1. The second-order valence-electron chi connectivity index (χ2n) is 4.68. The van der Waals surface area contributed by atoms with E-state index in [0.29, 0.717) is 12.0 Å². The molecule has 0 amide bonds. The third-order valence-corrected chi connectivity index (χ3v) is 3.07. The summed E-state index contributed by atoms with van der Waals surface area (Å²) < 4.78 is 5.08. The van der Waals surface area contributed by atoms with Crippen LogP contribution in [0.1, 0.15) is 26.2 Å². The van der Waals surface area contributed by atoms with Crippen molar-refractivity contribution in [1.29, 1.82) is 0 Å². The first-order valence-corrected chi connectivity index (χ1v) is 5.68. The zero-order valence-electron chi connectivity index (χ0n) is 10.1. The Morgan fingerprint density at radius 1 is 1.56 bits per heavy atom. The number of aliphatic carboxylic acids is 1. The molecule has 1 aliphatic rings. The van der Waals surface area contributed by atoms with Gasteiger partial charge in [-0.2, -0.15) is 0 Å². The Hall–Kier alpha value is -0.870. The number of carboxylic acids is 1. The summed E-state index contributed by atoms with van der Waals surface area (Å²) in [6.07, 6.45) is 4.86. The van der Waals surface area contributed by atoms with Crippen molar-refractivity contribution in [2.45, 2.75) is 26.2 Å². The molecule has 0 saturated heterocycles. The Kier molecular flexibility index (Phi) is 4.96. The molecule has 0 heterocycles. The van der Waals surface area contributed by atoms with Gasteiger partial charge >= 0.3 is 5.97 Å². The van der Waals surface area contributed by atoms with E-state index in [1.165, 1.54) is 18.9 Å². The van der Waals surface area contributed by atoms with Gasteiger partial charge < -0.3 is 15.2 Å². The predicted molar refractivity (Wildman–Crippen MR) is 62.4 cm³/mol. The standard InChI is InChI=1S/C12H21NO3/c1-10(7-11(14)15)8-13-9-12(3-4-12)5-6-16-2/h7,13H,3-6,8-9H2,1-2H3,(H,14,15). The molecule has 0 radical (unpaired) electrons. The third kappa shape index (κ3) is 4.77. The molecule has 0 bridgehead atoms. The number of methoxy groups -OCH3 is 1. The van der Waals surface area contributed by atoms with Gasteiger partial charge in [0.2, 0.25) is 0 Å². The van der Waals surface area contributed by atoms with E-state index >= 15 is 0 Å². The summed E-state index contributed by atoms with van der Waals surface area (Å²) in [5.41, 5.74) is 1.27. The van der Waals surface area contributed by atoms with Crippen molar-refractivity contribution < 1.29 is 14.6 Å². The van der Waals surface area contributed by atoms with Crippen LogP contribution in [-0.2, 0) is 9.53 Å². The minimum absolute atomic E-state index is 0.416. The van der Waals surface area contributed by atoms with Gasteiger partial charge in [-0.3, -0.25) is 0 Å². The van der Waals surface area contributed by atoms with Crippen molar-refractivity contribution in [3.63, 3.8) is 0 Å². The maximum atomic E-state index is 10.4. The van der Waals surface area contributed by atoms with Crippen LogP contribution in [0.15, 0.2) is 11.6 Å². The lowest BCUT2D eigenvalue weighted by molar-refractivity contribution is -0.131. The van der Waals surface area contributed by atoms with Gasteiger partial charge in [-0.1, -0.05) is 5.57 Å². The summed E-state index contributed by atoms with van der Waals surface area (Å²) in [4.78, 5) is 10.4. The molecule has 0 aromatic heterocycles. The van der Waals surface area contributed by atoms with E-state index < -0.39 is 5.97 Å². The molecule has 0 atom stereocenters. The number of carboxylic acid groups (broad SMARTS) is 1. The van der Waals surface area contributed by atoms with Crippen molar-refractivity contribution in [1.82, 2.24) is 5.32 Å².